The SMILES string of the molecule is C/C(=N\O)C1=C(O)C(C(C)C)NC1=O. The predicted octanol–water partition coefficient (Wildman–Crippen LogP) is 0.803. The van der Waals surface area contributed by atoms with Gasteiger partial charge >= 0.3 is 0 Å². The summed E-state index contributed by atoms with van der Waals surface area (Å²) in [6.07, 6.45) is 0. The van der Waals surface area contributed by atoms with Crippen LogP contribution in [0.5, 0.6) is 0 Å². The molecule has 1 rings (SSSR count). The zero-order valence-corrected chi connectivity index (χ0v) is 8.40. The third-order valence-electron chi connectivity index (χ3n) is 2.24. The molecule has 1 heterocycles. The van der Waals surface area contributed by atoms with E-state index in [4.69, 9.17) is 5.21 Å². The van der Waals surface area contributed by atoms with Crippen molar-refractivity contribution in [2.24, 2.45) is 11.1 Å². The number of aliphatic hydroxyl groups excluding tert-OH is 1. The van der Waals surface area contributed by atoms with E-state index in [2.05, 4.69) is 10.5 Å². The van der Waals surface area contributed by atoms with Crippen molar-refractivity contribution in [3.63, 3.8) is 0 Å². The molecule has 0 bridgehead atoms. The Bertz CT molecular complexity index is 318. The summed E-state index contributed by atoms with van der Waals surface area (Å²) in [6.45, 7) is 5.24. The maximum absolute atomic E-state index is 11.4. The Balaban J connectivity index is 3.08. The summed E-state index contributed by atoms with van der Waals surface area (Å²) in [4.78, 5) is 11.4. The Morgan fingerprint density at radius 2 is 2.14 bits per heavy atom. The Kier molecular flexibility index (Phi) is 2.78. The minimum absolute atomic E-state index is 0.0414. The van der Waals surface area contributed by atoms with Gasteiger partial charge in [-0.1, -0.05) is 19.0 Å². The number of hydrogen-bond donors (Lipinski definition) is 3. The quantitative estimate of drug-likeness (QED) is 0.349. The summed E-state index contributed by atoms with van der Waals surface area (Å²) in [5.41, 5.74) is 0.203. The number of aliphatic hydroxyl groups is 1. The van der Waals surface area contributed by atoms with Gasteiger partial charge in [0.05, 0.1) is 11.8 Å². The molecule has 0 aliphatic carbocycles. The molecule has 5 nitrogen and oxygen atoms in total. The maximum Gasteiger partial charge on any atom is 0.257 e. The molecule has 0 aromatic rings. The van der Waals surface area contributed by atoms with Gasteiger partial charge in [0.2, 0.25) is 0 Å². The Morgan fingerprint density at radius 1 is 1.57 bits per heavy atom. The third-order valence-corrected chi connectivity index (χ3v) is 2.24. The van der Waals surface area contributed by atoms with Crippen molar-refractivity contribution in [1.29, 1.82) is 0 Å². The van der Waals surface area contributed by atoms with Gasteiger partial charge < -0.3 is 15.6 Å². The van der Waals surface area contributed by atoms with Crippen LogP contribution < -0.4 is 5.32 Å². The van der Waals surface area contributed by atoms with Crippen LogP contribution in [0.25, 0.3) is 0 Å². The van der Waals surface area contributed by atoms with E-state index in [1.54, 1.807) is 0 Å². The van der Waals surface area contributed by atoms with Crippen LogP contribution in [0, 0.1) is 5.92 Å². The molecule has 3 N–H and O–H groups in total. The van der Waals surface area contributed by atoms with Crippen LogP contribution >= 0.6 is 0 Å². The molecule has 0 spiro atoms. The lowest BCUT2D eigenvalue weighted by Gasteiger charge is -2.14. The van der Waals surface area contributed by atoms with E-state index in [0.29, 0.717) is 0 Å². The number of oxime groups is 1. The zero-order valence-electron chi connectivity index (χ0n) is 8.40. The van der Waals surface area contributed by atoms with E-state index in [-0.39, 0.29) is 29.0 Å². The van der Waals surface area contributed by atoms with Crippen LogP contribution in [0.3, 0.4) is 0 Å². The molecule has 0 aromatic heterocycles. The number of nitrogens with one attached hydrogen (secondary N) is 1. The second kappa shape index (κ2) is 3.69. The minimum atomic E-state index is -0.392. The van der Waals surface area contributed by atoms with Crippen LogP contribution in [0.15, 0.2) is 16.5 Å². The molecular formula is C9H14N2O3. The molecule has 1 aliphatic rings. The normalized spacial score (nSPS) is 23.3. The van der Waals surface area contributed by atoms with Crippen LogP contribution in [-0.4, -0.2) is 28.0 Å². The second-order valence-electron chi connectivity index (χ2n) is 3.64. The average molecular weight is 198 g/mol. The molecule has 0 saturated carbocycles. The fourth-order valence-corrected chi connectivity index (χ4v) is 1.44. The fourth-order valence-electron chi connectivity index (χ4n) is 1.44. The van der Waals surface area contributed by atoms with E-state index in [0.717, 1.165) is 0 Å². The lowest BCUT2D eigenvalue weighted by atomic mass is 10.0. The van der Waals surface area contributed by atoms with Gasteiger partial charge in [0.15, 0.2) is 0 Å². The predicted molar refractivity (Wildman–Crippen MR) is 51.3 cm³/mol. The van der Waals surface area contributed by atoms with Crippen molar-refractivity contribution in [2.75, 3.05) is 0 Å². The van der Waals surface area contributed by atoms with Gasteiger partial charge in [-0.2, -0.15) is 0 Å². The number of carbonyl (C=O) groups is 1. The molecule has 5 heteroatoms. The Hall–Kier alpha value is -1.52. The van der Waals surface area contributed by atoms with Gasteiger partial charge in [-0.15, -0.1) is 0 Å². The molecular weight excluding hydrogens is 184 g/mol. The Labute approximate surface area is 82.1 Å². The van der Waals surface area contributed by atoms with Gasteiger partial charge in [-0.05, 0) is 12.8 Å². The molecule has 14 heavy (non-hydrogen) atoms. The monoisotopic (exact) mass is 198 g/mol. The summed E-state index contributed by atoms with van der Waals surface area (Å²) >= 11 is 0. The number of rotatable bonds is 2. The average Bonchev–Trinajstić information content (AvgIpc) is 2.41. The summed E-state index contributed by atoms with van der Waals surface area (Å²) < 4.78 is 0. The first kappa shape index (κ1) is 10.6. The van der Waals surface area contributed by atoms with Crippen molar-refractivity contribution in [2.45, 2.75) is 26.8 Å². The third kappa shape index (κ3) is 1.57. The summed E-state index contributed by atoms with van der Waals surface area (Å²) in [6, 6.07) is -0.380. The molecule has 1 aliphatic heterocycles. The highest BCUT2D eigenvalue weighted by molar-refractivity contribution is 6.22. The van der Waals surface area contributed by atoms with Crippen molar-refractivity contribution in [3.8, 4) is 0 Å². The van der Waals surface area contributed by atoms with Crippen LogP contribution in [0.4, 0.5) is 0 Å². The second-order valence-corrected chi connectivity index (χ2v) is 3.64. The smallest absolute Gasteiger partial charge is 0.257 e. The Morgan fingerprint density at radius 3 is 2.50 bits per heavy atom. The first-order valence-electron chi connectivity index (χ1n) is 4.42. The first-order valence-corrected chi connectivity index (χ1v) is 4.42. The zero-order chi connectivity index (χ0) is 10.9. The minimum Gasteiger partial charge on any atom is -0.509 e. The highest BCUT2D eigenvalue weighted by Gasteiger charge is 2.34. The van der Waals surface area contributed by atoms with E-state index in [1.165, 1.54) is 6.92 Å². The molecule has 0 radical (unpaired) electrons. The van der Waals surface area contributed by atoms with Gasteiger partial charge in [-0.3, -0.25) is 4.79 Å². The molecule has 1 atom stereocenters. The molecule has 1 unspecified atom stereocenters. The number of amides is 1. The number of nitrogens with zero attached hydrogens (tertiary/aromatic N) is 1. The largest absolute Gasteiger partial charge is 0.509 e. The topological polar surface area (TPSA) is 81.9 Å². The molecule has 0 fully saturated rings. The van der Waals surface area contributed by atoms with Gasteiger partial charge in [-0.25, -0.2) is 0 Å². The summed E-state index contributed by atoms with van der Waals surface area (Å²) in [5, 5.41) is 23.7. The van der Waals surface area contributed by atoms with Crippen LogP contribution in [0.1, 0.15) is 20.8 Å². The van der Waals surface area contributed by atoms with Crippen LogP contribution in [-0.2, 0) is 4.79 Å². The molecule has 78 valence electrons. The highest BCUT2D eigenvalue weighted by Crippen LogP contribution is 2.21. The highest BCUT2D eigenvalue weighted by atomic mass is 16.4. The van der Waals surface area contributed by atoms with Crippen LogP contribution in [0.2, 0.25) is 0 Å². The summed E-state index contributed by atoms with van der Waals surface area (Å²) in [7, 11) is 0. The summed E-state index contributed by atoms with van der Waals surface area (Å²) in [5.74, 6) is -0.334. The number of hydrogen-bond acceptors (Lipinski definition) is 4. The number of carbonyl (C=O) groups excluding carboxylic acids is 1. The van der Waals surface area contributed by atoms with Crippen molar-refractivity contribution in [1.82, 2.24) is 5.32 Å². The lowest BCUT2D eigenvalue weighted by Crippen LogP contribution is -2.33. The standard InChI is InChI=1S/C9H14N2O3/c1-4(2)7-8(12)6(5(3)11-14)9(13)10-7/h4,7,12,14H,1-3H3,(H,10,13)/b11-5+. The van der Waals surface area contributed by atoms with E-state index < -0.39 is 5.91 Å². The maximum atomic E-state index is 11.4. The molecule has 0 aromatic carbocycles. The van der Waals surface area contributed by atoms with E-state index in [1.807, 2.05) is 13.8 Å². The molecule has 0 saturated heterocycles. The lowest BCUT2D eigenvalue weighted by molar-refractivity contribution is -0.116. The van der Waals surface area contributed by atoms with Crippen molar-refractivity contribution in [3.05, 3.63) is 11.3 Å². The first-order chi connectivity index (χ1) is 6.49. The van der Waals surface area contributed by atoms with Gasteiger partial charge in [0, 0.05) is 0 Å². The van der Waals surface area contributed by atoms with Gasteiger partial charge in [0.25, 0.3) is 5.91 Å². The van der Waals surface area contributed by atoms with E-state index >= 15 is 0 Å². The van der Waals surface area contributed by atoms with Crippen molar-refractivity contribution < 1.29 is 15.1 Å². The fraction of sp³-hybridized carbons (Fsp3) is 0.556. The van der Waals surface area contributed by atoms with Crippen molar-refractivity contribution >= 4 is 11.6 Å². The van der Waals surface area contributed by atoms with E-state index in [9.17, 15) is 9.90 Å². The van der Waals surface area contributed by atoms with Gasteiger partial charge in [0.1, 0.15) is 11.3 Å². The molecule has 1 amide bonds.